The molecule has 2 aromatic carbocycles. The summed E-state index contributed by atoms with van der Waals surface area (Å²) in [5.41, 5.74) is 1.06. The van der Waals surface area contributed by atoms with Gasteiger partial charge in [-0.15, -0.1) is 0 Å². The van der Waals surface area contributed by atoms with Crippen LogP contribution in [0.4, 0.5) is 5.69 Å². The number of fused-ring (bicyclic) bond motifs is 1. The molecular weight excluding hydrogens is 390 g/mol. The summed E-state index contributed by atoms with van der Waals surface area (Å²) in [6, 6.07) is 12.2. The lowest BCUT2D eigenvalue weighted by molar-refractivity contribution is -0.136. The Morgan fingerprint density at radius 1 is 1.32 bits per heavy atom. The van der Waals surface area contributed by atoms with Crippen LogP contribution in [0.15, 0.2) is 52.7 Å². The highest BCUT2D eigenvalue weighted by Gasteiger charge is 2.31. The highest BCUT2D eigenvalue weighted by molar-refractivity contribution is 9.10. The van der Waals surface area contributed by atoms with Gasteiger partial charge in [0.25, 0.3) is 5.91 Å². The Morgan fingerprint density at radius 2 is 2.08 bits per heavy atom. The molecule has 0 atom stereocenters. The number of carbonyl (C=O) groups excluding carboxylic acids is 1. The van der Waals surface area contributed by atoms with Crippen molar-refractivity contribution >= 4 is 39.6 Å². The molecular formula is C18H14BrNO5. The Morgan fingerprint density at radius 3 is 2.80 bits per heavy atom. The van der Waals surface area contributed by atoms with Crippen LogP contribution >= 0.6 is 15.9 Å². The number of amides is 1. The molecule has 7 heteroatoms. The van der Waals surface area contributed by atoms with Crippen LogP contribution in [0.2, 0.25) is 0 Å². The quantitative estimate of drug-likeness (QED) is 0.792. The number of ether oxygens (including phenoxy) is 2. The van der Waals surface area contributed by atoms with E-state index in [-0.39, 0.29) is 5.76 Å². The van der Waals surface area contributed by atoms with Gasteiger partial charge in [-0.25, -0.2) is 0 Å². The van der Waals surface area contributed by atoms with Crippen molar-refractivity contribution in [3.63, 3.8) is 0 Å². The third kappa shape index (κ3) is 3.51. The van der Waals surface area contributed by atoms with Gasteiger partial charge >= 0.3 is 5.97 Å². The lowest BCUT2D eigenvalue weighted by atomic mass is 10.1. The van der Waals surface area contributed by atoms with Gasteiger partial charge in [0, 0.05) is 10.0 Å². The number of carboxylic acids is 1. The Bertz CT molecular complexity index is 878. The highest BCUT2D eigenvalue weighted by Crippen LogP contribution is 2.36. The maximum Gasteiger partial charge on any atom is 0.323 e. The normalized spacial score (nSPS) is 14.9. The van der Waals surface area contributed by atoms with Crippen LogP contribution < -0.4 is 14.4 Å². The van der Waals surface area contributed by atoms with E-state index < -0.39 is 18.4 Å². The minimum Gasteiger partial charge on any atom is -0.496 e. The largest absolute Gasteiger partial charge is 0.496 e. The van der Waals surface area contributed by atoms with Gasteiger partial charge < -0.3 is 14.6 Å². The van der Waals surface area contributed by atoms with Crippen LogP contribution in [0.3, 0.4) is 0 Å². The number of benzene rings is 2. The van der Waals surface area contributed by atoms with Gasteiger partial charge in [-0.1, -0.05) is 28.1 Å². The Kier molecular flexibility index (Phi) is 4.76. The molecule has 0 bridgehead atoms. The van der Waals surface area contributed by atoms with Crippen molar-refractivity contribution in [1.82, 2.24) is 0 Å². The van der Waals surface area contributed by atoms with Gasteiger partial charge in [-0.2, -0.15) is 0 Å². The summed E-state index contributed by atoms with van der Waals surface area (Å²) >= 11 is 3.38. The zero-order valence-corrected chi connectivity index (χ0v) is 14.8. The van der Waals surface area contributed by atoms with Crippen LogP contribution in [0, 0.1) is 0 Å². The number of methoxy groups -OCH3 is 1. The molecule has 0 saturated heterocycles. The first kappa shape index (κ1) is 17.0. The van der Waals surface area contributed by atoms with E-state index in [1.54, 1.807) is 36.4 Å². The number of anilines is 1. The number of nitrogens with zero attached hydrogens (tertiary/aromatic N) is 1. The second-order valence-electron chi connectivity index (χ2n) is 5.25. The maximum absolute atomic E-state index is 12.7. The van der Waals surface area contributed by atoms with Crippen molar-refractivity contribution in [1.29, 1.82) is 0 Å². The number of hydrogen-bond acceptors (Lipinski definition) is 4. The fraction of sp³-hybridized carbons (Fsp3) is 0.111. The minimum absolute atomic E-state index is 0.0244. The van der Waals surface area contributed by atoms with Gasteiger partial charge in [-0.3, -0.25) is 14.5 Å². The molecule has 0 radical (unpaired) electrons. The predicted octanol–water partition coefficient (Wildman–Crippen LogP) is 3.31. The molecule has 1 heterocycles. The molecule has 0 aromatic heterocycles. The molecule has 128 valence electrons. The summed E-state index contributed by atoms with van der Waals surface area (Å²) in [5, 5.41) is 9.12. The maximum atomic E-state index is 12.7. The van der Waals surface area contributed by atoms with E-state index in [1.807, 2.05) is 6.07 Å². The molecule has 1 N–H and O–H groups in total. The molecule has 0 unspecified atom stereocenters. The van der Waals surface area contributed by atoms with E-state index >= 15 is 0 Å². The number of carbonyl (C=O) groups is 2. The average molecular weight is 404 g/mol. The van der Waals surface area contributed by atoms with Crippen LogP contribution in [0.25, 0.3) is 6.08 Å². The molecule has 2 aromatic rings. The molecule has 0 spiro atoms. The molecule has 25 heavy (non-hydrogen) atoms. The van der Waals surface area contributed by atoms with Gasteiger partial charge in [-0.05, 0) is 36.4 Å². The van der Waals surface area contributed by atoms with E-state index in [4.69, 9.17) is 14.6 Å². The number of rotatable bonds is 4. The van der Waals surface area contributed by atoms with E-state index in [0.717, 1.165) is 4.47 Å². The van der Waals surface area contributed by atoms with E-state index in [0.29, 0.717) is 22.7 Å². The smallest absolute Gasteiger partial charge is 0.323 e. The standard InChI is InChI=1S/C18H14BrNO5/c1-24-14-7-6-12(19)8-11(14)9-16-18(23)20(10-17(21)22)13-4-2-3-5-15(13)25-16/h2-9H,10H2,1H3,(H,21,22)/b16-9+. The molecule has 1 aliphatic rings. The second-order valence-corrected chi connectivity index (χ2v) is 6.17. The van der Waals surface area contributed by atoms with E-state index in [1.165, 1.54) is 18.1 Å². The van der Waals surface area contributed by atoms with Crippen LogP contribution in [0.5, 0.6) is 11.5 Å². The third-order valence-corrected chi connectivity index (χ3v) is 4.10. The monoisotopic (exact) mass is 403 g/mol. The third-order valence-electron chi connectivity index (χ3n) is 3.60. The summed E-state index contributed by atoms with van der Waals surface area (Å²) in [7, 11) is 1.53. The van der Waals surface area contributed by atoms with E-state index in [9.17, 15) is 9.59 Å². The summed E-state index contributed by atoms with van der Waals surface area (Å²) in [5.74, 6) is -0.622. The SMILES string of the molecule is COc1ccc(Br)cc1/C=C1/Oc2ccccc2N(CC(=O)O)C1=O. The minimum atomic E-state index is -1.11. The van der Waals surface area contributed by atoms with Gasteiger partial charge in [0.1, 0.15) is 12.3 Å². The topological polar surface area (TPSA) is 76.1 Å². The molecule has 6 nitrogen and oxygen atoms in total. The van der Waals surface area contributed by atoms with Gasteiger partial charge in [0.05, 0.1) is 12.8 Å². The van der Waals surface area contributed by atoms with Crippen LogP contribution in [-0.4, -0.2) is 30.6 Å². The molecule has 3 rings (SSSR count). The number of halogens is 1. The molecule has 0 aliphatic carbocycles. The first-order valence-electron chi connectivity index (χ1n) is 7.35. The second kappa shape index (κ2) is 6.98. The Hall–Kier alpha value is -2.80. The lowest BCUT2D eigenvalue weighted by Crippen LogP contribution is -2.40. The lowest BCUT2D eigenvalue weighted by Gasteiger charge is -2.29. The van der Waals surface area contributed by atoms with Gasteiger partial charge in [0.2, 0.25) is 0 Å². The van der Waals surface area contributed by atoms with E-state index in [2.05, 4.69) is 15.9 Å². The Balaban J connectivity index is 2.08. The zero-order chi connectivity index (χ0) is 18.0. The van der Waals surface area contributed by atoms with Crippen molar-refractivity contribution in [2.24, 2.45) is 0 Å². The number of aliphatic carboxylic acids is 1. The number of hydrogen-bond donors (Lipinski definition) is 1. The van der Waals surface area contributed by atoms with Crippen LogP contribution in [0.1, 0.15) is 5.56 Å². The first-order chi connectivity index (χ1) is 12.0. The van der Waals surface area contributed by atoms with Crippen molar-refractivity contribution in [2.45, 2.75) is 0 Å². The molecule has 0 fully saturated rings. The summed E-state index contributed by atoms with van der Waals surface area (Å²) in [6.45, 7) is -0.452. The molecule has 1 amide bonds. The van der Waals surface area contributed by atoms with Crippen LogP contribution in [-0.2, 0) is 9.59 Å². The summed E-state index contributed by atoms with van der Waals surface area (Å²) < 4.78 is 11.8. The number of para-hydroxylation sites is 2. The highest BCUT2D eigenvalue weighted by atomic mass is 79.9. The fourth-order valence-electron chi connectivity index (χ4n) is 2.51. The van der Waals surface area contributed by atoms with Gasteiger partial charge in [0.15, 0.2) is 11.5 Å². The van der Waals surface area contributed by atoms with Crippen molar-refractivity contribution in [3.05, 3.63) is 58.3 Å². The first-order valence-corrected chi connectivity index (χ1v) is 8.14. The molecule has 0 saturated carbocycles. The predicted molar refractivity (Wildman–Crippen MR) is 95.7 cm³/mol. The van der Waals surface area contributed by atoms with Crippen molar-refractivity contribution in [3.8, 4) is 11.5 Å². The van der Waals surface area contributed by atoms with Crippen molar-refractivity contribution < 1.29 is 24.2 Å². The summed E-state index contributed by atoms with van der Waals surface area (Å²) in [4.78, 5) is 25.1. The van der Waals surface area contributed by atoms with Crippen molar-refractivity contribution in [2.75, 3.05) is 18.6 Å². The molecule has 1 aliphatic heterocycles. The number of carboxylic acid groups (broad SMARTS) is 1. The average Bonchev–Trinajstić information content (AvgIpc) is 2.58. The summed E-state index contributed by atoms with van der Waals surface area (Å²) in [6.07, 6.45) is 1.54. The fourth-order valence-corrected chi connectivity index (χ4v) is 2.89. The zero-order valence-electron chi connectivity index (χ0n) is 13.2. The Labute approximate surface area is 152 Å².